The highest BCUT2D eigenvalue weighted by Crippen LogP contribution is 2.35. The first-order valence-corrected chi connectivity index (χ1v) is 10.6. The van der Waals surface area contributed by atoms with Gasteiger partial charge in [-0.1, -0.05) is 26.7 Å². The number of hydrogen-bond donors (Lipinski definition) is 1. The van der Waals surface area contributed by atoms with E-state index < -0.39 is 11.9 Å². The van der Waals surface area contributed by atoms with Crippen LogP contribution >= 0.6 is 0 Å². The predicted molar refractivity (Wildman–Crippen MR) is 112 cm³/mol. The molecule has 7 heteroatoms. The third-order valence-electron chi connectivity index (χ3n) is 6.43. The summed E-state index contributed by atoms with van der Waals surface area (Å²) < 4.78 is 5.23. The van der Waals surface area contributed by atoms with Gasteiger partial charge < -0.3 is 15.0 Å². The molecule has 0 spiro atoms. The Bertz CT molecular complexity index is 819. The summed E-state index contributed by atoms with van der Waals surface area (Å²) in [7, 11) is 0. The monoisotopic (exact) mass is 414 g/mol. The Kier molecular flexibility index (Phi) is 6.90. The van der Waals surface area contributed by atoms with E-state index in [9.17, 15) is 19.2 Å². The molecule has 162 valence electrons. The normalized spacial score (nSPS) is 26.4. The van der Waals surface area contributed by atoms with Crippen molar-refractivity contribution in [2.45, 2.75) is 52.5 Å². The van der Waals surface area contributed by atoms with Crippen LogP contribution in [-0.4, -0.2) is 47.7 Å². The summed E-state index contributed by atoms with van der Waals surface area (Å²) in [5.74, 6) is -0.546. The van der Waals surface area contributed by atoms with Gasteiger partial charge >= 0.3 is 5.97 Å². The average molecular weight is 415 g/mol. The Morgan fingerprint density at radius 2 is 1.83 bits per heavy atom. The van der Waals surface area contributed by atoms with E-state index in [4.69, 9.17) is 4.74 Å². The molecule has 0 bridgehead atoms. The molecule has 1 N–H and O–H groups in total. The van der Waals surface area contributed by atoms with E-state index in [1.54, 1.807) is 24.3 Å². The zero-order chi connectivity index (χ0) is 21.8. The standard InChI is InChI=1S/C23H30N2O5/c1-14-5-4-6-20(15(14)2)25-12-18(11-22(25)28)23(29)30-13-21(27)17-7-9-19(10-8-17)24-16(3)26/h7-10,14-15,18,20H,4-6,11-13H2,1-3H3,(H,24,26)/t14-,15+,18+,20-/m0/s1. The van der Waals surface area contributed by atoms with Crippen molar-refractivity contribution in [3.63, 3.8) is 0 Å². The summed E-state index contributed by atoms with van der Waals surface area (Å²) in [5, 5.41) is 2.63. The van der Waals surface area contributed by atoms with E-state index >= 15 is 0 Å². The number of benzene rings is 1. The molecule has 2 amide bonds. The Morgan fingerprint density at radius 1 is 1.13 bits per heavy atom. The van der Waals surface area contributed by atoms with Crippen LogP contribution in [0, 0.1) is 17.8 Å². The minimum absolute atomic E-state index is 0.00258. The highest BCUT2D eigenvalue weighted by Gasteiger charge is 2.42. The fourth-order valence-corrected chi connectivity index (χ4v) is 4.48. The molecule has 1 aliphatic heterocycles. The van der Waals surface area contributed by atoms with Crippen LogP contribution in [0.25, 0.3) is 0 Å². The molecule has 1 aromatic carbocycles. The molecule has 1 heterocycles. The van der Waals surface area contributed by atoms with E-state index in [-0.39, 0.29) is 36.7 Å². The largest absolute Gasteiger partial charge is 0.457 e. The Labute approximate surface area is 177 Å². The number of Topliss-reactive ketones (excluding diaryl/α,β-unsaturated/α-hetero) is 1. The van der Waals surface area contributed by atoms with Crippen molar-refractivity contribution in [2.24, 2.45) is 17.8 Å². The van der Waals surface area contributed by atoms with Crippen molar-refractivity contribution in [3.05, 3.63) is 29.8 Å². The number of carbonyl (C=O) groups is 4. The fourth-order valence-electron chi connectivity index (χ4n) is 4.48. The van der Waals surface area contributed by atoms with E-state index in [1.807, 2.05) is 4.90 Å². The predicted octanol–water partition coefficient (Wildman–Crippen LogP) is 3.04. The Hall–Kier alpha value is -2.70. The number of ketones is 1. The highest BCUT2D eigenvalue weighted by molar-refractivity contribution is 5.99. The Balaban J connectivity index is 1.52. The number of anilines is 1. The van der Waals surface area contributed by atoms with Crippen molar-refractivity contribution >= 4 is 29.3 Å². The highest BCUT2D eigenvalue weighted by atomic mass is 16.5. The van der Waals surface area contributed by atoms with Gasteiger partial charge in [0.15, 0.2) is 12.4 Å². The summed E-state index contributed by atoms with van der Waals surface area (Å²) in [6.45, 7) is 5.82. The van der Waals surface area contributed by atoms with Gasteiger partial charge in [-0.15, -0.1) is 0 Å². The minimum atomic E-state index is -0.517. The van der Waals surface area contributed by atoms with Gasteiger partial charge in [0.1, 0.15) is 0 Å². The summed E-state index contributed by atoms with van der Waals surface area (Å²) in [4.78, 5) is 50.2. The maximum Gasteiger partial charge on any atom is 0.311 e. The number of nitrogens with one attached hydrogen (secondary N) is 1. The van der Waals surface area contributed by atoms with E-state index in [2.05, 4.69) is 19.2 Å². The number of esters is 1. The van der Waals surface area contributed by atoms with Crippen molar-refractivity contribution in [1.29, 1.82) is 0 Å². The molecular formula is C23H30N2O5. The third kappa shape index (κ3) is 5.07. The maximum absolute atomic E-state index is 12.5. The summed E-state index contributed by atoms with van der Waals surface area (Å²) in [6.07, 6.45) is 3.41. The Morgan fingerprint density at radius 3 is 2.50 bits per heavy atom. The van der Waals surface area contributed by atoms with Crippen LogP contribution < -0.4 is 5.32 Å². The zero-order valence-electron chi connectivity index (χ0n) is 17.8. The third-order valence-corrected chi connectivity index (χ3v) is 6.43. The molecule has 2 fully saturated rings. The van der Waals surface area contributed by atoms with Gasteiger partial charge in [-0.3, -0.25) is 19.2 Å². The summed E-state index contributed by atoms with van der Waals surface area (Å²) in [5.41, 5.74) is 0.984. The molecule has 0 radical (unpaired) electrons. The van der Waals surface area contributed by atoms with Crippen molar-refractivity contribution < 1.29 is 23.9 Å². The van der Waals surface area contributed by atoms with Crippen LogP contribution in [0.2, 0.25) is 0 Å². The van der Waals surface area contributed by atoms with Crippen molar-refractivity contribution in [1.82, 2.24) is 4.90 Å². The summed E-state index contributed by atoms with van der Waals surface area (Å²) in [6, 6.07) is 6.58. The van der Waals surface area contributed by atoms with Crippen molar-refractivity contribution in [2.75, 3.05) is 18.5 Å². The van der Waals surface area contributed by atoms with E-state index in [0.717, 1.165) is 12.8 Å². The van der Waals surface area contributed by atoms with Gasteiger partial charge in [0.05, 0.1) is 5.92 Å². The average Bonchev–Trinajstić information content (AvgIpc) is 3.09. The van der Waals surface area contributed by atoms with Gasteiger partial charge in [0.2, 0.25) is 11.8 Å². The lowest BCUT2D eigenvalue weighted by molar-refractivity contribution is -0.147. The second kappa shape index (κ2) is 9.41. The molecule has 1 saturated carbocycles. The number of nitrogens with zero attached hydrogens (tertiary/aromatic N) is 1. The number of rotatable bonds is 6. The molecule has 1 aromatic rings. The van der Waals surface area contributed by atoms with E-state index in [0.29, 0.717) is 29.6 Å². The molecule has 7 nitrogen and oxygen atoms in total. The number of likely N-dealkylation sites (tertiary alicyclic amines) is 1. The molecule has 4 atom stereocenters. The number of ether oxygens (including phenoxy) is 1. The van der Waals surface area contributed by atoms with Crippen LogP contribution in [0.1, 0.15) is 56.8 Å². The second-order valence-electron chi connectivity index (χ2n) is 8.57. The molecule has 1 saturated heterocycles. The minimum Gasteiger partial charge on any atom is -0.457 e. The van der Waals surface area contributed by atoms with Crippen LogP contribution in [0.4, 0.5) is 5.69 Å². The number of carbonyl (C=O) groups excluding carboxylic acids is 4. The molecule has 0 unspecified atom stereocenters. The lowest BCUT2D eigenvalue weighted by atomic mass is 9.77. The van der Waals surface area contributed by atoms with Crippen LogP contribution in [0.5, 0.6) is 0 Å². The van der Waals surface area contributed by atoms with Gasteiger partial charge in [-0.25, -0.2) is 0 Å². The molecule has 3 rings (SSSR count). The van der Waals surface area contributed by atoms with Gasteiger partial charge in [-0.05, 0) is 42.5 Å². The molecular weight excluding hydrogens is 384 g/mol. The first kappa shape index (κ1) is 22.0. The van der Waals surface area contributed by atoms with Crippen molar-refractivity contribution in [3.8, 4) is 0 Å². The van der Waals surface area contributed by atoms with Gasteiger partial charge in [0.25, 0.3) is 0 Å². The molecule has 0 aromatic heterocycles. The number of amides is 2. The van der Waals surface area contributed by atoms with E-state index in [1.165, 1.54) is 13.3 Å². The molecule has 1 aliphatic carbocycles. The topological polar surface area (TPSA) is 92.8 Å². The van der Waals surface area contributed by atoms with Gasteiger partial charge in [0, 0.05) is 37.2 Å². The first-order chi connectivity index (χ1) is 14.3. The lowest BCUT2D eigenvalue weighted by Gasteiger charge is -2.39. The first-order valence-electron chi connectivity index (χ1n) is 10.6. The van der Waals surface area contributed by atoms with Crippen LogP contribution in [0.3, 0.4) is 0 Å². The fraction of sp³-hybridized carbons (Fsp3) is 0.565. The second-order valence-corrected chi connectivity index (χ2v) is 8.57. The van der Waals surface area contributed by atoms with Crippen LogP contribution in [0.15, 0.2) is 24.3 Å². The SMILES string of the molecule is CC(=O)Nc1ccc(C(=O)COC(=O)[C@@H]2CC(=O)N([C@H]3CCC[C@H](C)[C@H]3C)C2)cc1. The molecule has 30 heavy (non-hydrogen) atoms. The lowest BCUT2D eigenvalue weighted by Crippen LogP contribution is -2.45. The number of hydrogen-bond acceptors (Lipinski definition) is 5. The quantitative estimate of drug-likeness (QED) is 0.570. The summed E-state index contributed by atoms with van der Waals surface area (Å²) >= 11 is 0. The maximum atomic E-state index is 12.5. The zero-order valence-corrected chi connectivity index (χ0v) is 17.8. The van der Waals surface area contributed by atoms with Crippen LogP contribution in [-0.2, 0) is 19.1 Å². The smallest absolute Gasteiger partial charge is 0.311 e. The van der Waals surface area contributed by atoms with Gasteiger partial charge in [-0.2, -0.15) is 0 Å². The molecule has 2 aliphatic rings.